The van der Waals surface area contributed by atoms with Crippen molar-refractivity contribution in [2.75, 3.05) is 38.3 Å². The standard InChI is InChI=1S/C24H31N5O4/c1-27-22(25-23(30)18-5-3-2-4-6-18)14-19(26-27)24(31)29-11-9-28(10-12-29)15-17-7-8-20-21(13-17)33-16-32-20/h7-8,13-14,18H,2-6,9-12,15-16H2,1H3,(H,25,30). The smallest absolute Gasteiger partial charge is 0.274 e. The molecule has 1 aromatic carbocycles. The van der Waals surface area contributed by atoms with Gasteiger partial charge in [-0.2, -0.15) is 5.10 Å². The summed E-state index contributed by atoms with van der Waals surface area (Å²) in [5.74, 6) is 2.17. The third kappa shape index (κ3) is 4.83. The molecule has 2 aliphatic heterocycles. The van der Waals surface area contributed by atoms with Gasteiger partial charge in [0.15, 0.2) is 17.2 Å². The molecule has 9 nitrogen and oxygen atoms in total. The van der Waals surface area contributed by atoms with Gasteiger partial charge in [-0.05, 0) is 30.5 Å². The highest BCUT2D eigenvalue weighted by Crippen LogP contribution is 2.33. The Kier molecular flexibility index (Phi) is 6.22. The molecule has 2 aromatic rings. The van der Waals surface area contributed by atoms with Gasteiger partial charge in [0.2, 0.25) is 12.7 Å². The molecule has 9 heteroatoms. The van der Waals surface area contributed by atoms with E-state index in [1.54, 1.807) is 17.8 Å². The minimum atomic E-state index is -0.0912. The Labute approximate surface area is 193 Å². The Morgan fingerprint density at radius 2 is 1.79 bits per heavy atom. The SMILES string of the molecule is Cn1nc(C(=O)N2CCN(Cc3ccc4c(c3)OCO4)CC2)cc1NC(=O)C1CCCCC1. The van der Waals surface area contributed by atoms with Crippen LogP contribution < -0.4 is 14.8 Å². The fraction of sp³-hybridized carbons (Fsp3) is 0.542. The van der Waals surface area contributed by atoms with Gasteiger partial charge in [0.05, 0.1) is 0 Å². The molecule has 5 rings (SSSR count). The van der Waals surface area contributed by atoms with E-state index in [0.29, 0.717) is 24.6 Å². The minimum Gasteiger partial charge on any atom is -0.454 e. The predicted molar refractivity (Wildman–Crippen MR) is 122 cm³/mol. The first kappa shape index (κ1) is 21.8. The van der Waals surface area contributed by atoms with Crippen LogP contribution in [0.1, 0.15) is 48.2 Å². The molecule has 1 aliphatic carbocycles. The van der Waals surface area contributed by atoms with Crippen molar-refractivity contribution in [3.05, 3.63) is 35.5 Å². The molecule has 0 radical (unpaired) electrons. The van der Waals surface area contributed by atoms with Crippen LogP contribution in [0, 0.1) is 5.92 Å². The summed E-state index contributed by atoms with van der Waals surface area (Å²) in [6, 6.07) is 7.73. The first-order valence-electron chi connectivity index (χ1n) is 11.8. The number of rotatable bonds is 5. The number of piperazine rings is 1. The maximum atomic E-state index is 13.0. The van der Waals surface area contributed by atoms with Crippen molar-refractivity contribution in [3.63, 3.8) is 0 Å². The zero-order valence-electron chi connectivity index (χ0n) is 19.1. The van der Waals surface area contributed by atoms with E-state index in [-0.39, 0.29) is 24.5 Å². The fourth-order valence-corrected chi connectivity index (χ4v) is 4.85. The van der Waals surface area contributed by atoms with Gasteiger partial charge in [-0.1, -0.05) is 25.3 Å². The molecule has 0 atom stereocenters. The van der Waals surface area contributed by atoms with E-state index in [1.165, 1.54) is 12.0 Å². The normalized spacial score (nSPS) is 19.0. The van der Waals surface area contributed by atoms with Gasteiger partial charge in [0.1, 0.15) is 5.82 Å². The molecule has 3 aliphatic rings. The molecule has 2 amide bonds. The van der Waals surface area contributed by atoms with Crippen molar-refractivity contribution >= 4 is 17.6 Å². The van der Waals surface area contributed by atoms with Gasteiger partial charge in [-0.3, -0.25) is 19.2 Å². The third-order valence-electron chi connectivity index (χ3n) is 6.83. The maximum Gasteiger partial charge on any atom is 0.274 e. The van der Waals surface area contributed by atoms with Gasteiger partial charge in [-0.15, -0.1) is 0 Å². The number of hydrogen-bond donors (Lipinski definition) is 1. The summed E-state index contributed by atoms with van der Waals surface area (Å²) in [4.78, 5) is 29.8. The van der Waals surface area contributed by atoms with Crippen molar-refractivity contribution < 1.29 is 19.1 Å². The van der Waals surface area contributed by atoms with Crippen molar-refractivity contribution in [3.8, 4) is 11.5 Å². The summed E-state index contributed by atoms with van der Waals surface area (Å²) >= 11 is 0. The van der Waals surface area contributed by atoms with E-state index in [9.17, 15) is 9.59 Å². The van der Waals surface area contributed by atoms with Gasteiger partial charge in [-0.25, -0.2) is 0 Å². The summed E-state index contributed by atoms with van der Waals surface area (Å²) in [5, 5.41) is 7.35. The fourth-order valence-electron chi connectivity index (χ4n) is 4.85. The molecule has 0 bridgehead atoms. The molecule has 176 valence electrons. The lowest BCUT2D eigenvalue weighted by atomic mass is 9.89. The van der Waals surface area contributed by atoms with Gasteiger partial charge in [0.25, 0.3) is 5.91 Å². The largest absolute Gasteiger partial charge is 0.454 e. The quantitative estimate of drug-likeness (QED) is 0.749. The first-order valence-corrected chi connectivity index (χ1v) is 11.8. The summed E-state index contributed by atoms with van der Waals surface area (Å²) in [6.07, 6.45) is 5.29. The lowest BCUT2D eigenvalue weighted by Gasteiger charge is -2.34. The van der Waals surface area contributed by atoms with Crippen molar-refractivity contribution in [1.82, 2.24) is 19.6 Å². The number of carbonyl (C=O) groups excluding carboxylic acids is 2. The Morgan fingerprint density at radius 3 is 2.58 bits per heavy atom. The van der Waals surface area contributed by atoms with Gasteiger partial charge < -0.3 is 19.7 Å². The molecule has 3 heterocycles. The molecular weight excluding hydrogens is 422 g/mol. The molecule has 1 N–H and O–H groups in total. The van der Waals surface area contributed by atoms with Crippen LogP contribution >= 0.6 is 0 Å². The molecular formula is C24H31N5O4. The highest BCUT2D eigenvalue weighted by Gasteiger charge is 2.26. The first-order chi connectivity index (χ1) is 16.1. The Hall–Kier alpha value is -3.07. The van der Waals surface area contributed by atoms with E-state index in [4.69, 9.17) is 9.47 Å². The summed E-state index contributed by atoms with van der Waals surface area (Å²) in [5.41, 5.74) is 1.54. The number of hydrogen-bond acceptors (Lipinski definition) is 6. The van der Waals surface area contributed by atoms with Gasteiger partial charge in [0, 0.05) is 51.8 Å². The Morgan fingerprint density at radius 1 is 1.03 bits per heavy atom. The number of amides is 2. The van der Waals surface area contributed by atoms with E-state index < -0.39 is 0 Å². The van der Waals surface area contributed by atoms with E-state index in [2.05, 4.69) is 21.4 Å². The number of fused-ring (bicyclic) bond motifs is 1. The highest BCUT2D eigenvalue weighted by molar-refractivity contribution is 5.96. The second-order valence-electron chi connectivity index (χ2n) is 9.12. The van der Waals surface area contributed by atoms with Crippen LogP contribution in [-0.2, 0) is 18.4 Å². The average molecular weight is 454 g/mol. The van der Waals surface area contributed by atoms with Crippen LogP contribution in [-0.4, -0.2) is 64.4 Å². The highest BCUT2D eigenvalue weighted by atomic mass is 16.7. The maximum absolute atomic E-state index is 13.0. The molecule has 0 spiro atoms. The number of carbonyl (C=O) groups is 2. The second kappa shape index (κ2) is 9.43. The number of aryl methyl sites for hydroxylation is 1. The predicted octanol–water partition coefficient (Wildman–Crippen LogP) is 2.63. The summed E-state index contributed by atoms with van der Waals surface area (Å²) in [6.45, 7) is 3.95. The monoisotopic (exact) mass is 453 g/mol. The zero-order valence-corrected chi connectivity index (χ0v) is 19.1. The van der Waals surface area contributed by atoms with Crippen molar-refractivity contribution in [2.45, 2.75) is 38.6 Å². The van der Waals surface area contributed by atoms with Crippen LogP contribution in [0.5, 0.6) is 11.5 Å². The molecule has 2 fully saturated rings. The number of nitrogens with zero attached hydrogens (tertiary/aromatic N) is 4. The topological polar surface area (TPSA) is 88.9 Å². The molecule has 0 unspecified atom stereocenters. The van der Waals surface area contributed by atoms with Crippen LogP contribution in [0.25, 0.3) is 0 Å². The van der Waals surface area contributed by atoms with Crippen LogP contribution in [0.2, 0.25) is 0 Å². The van der Waals surface area contributed by atoms with E-state index in [0.717, 1.165) is 56.8 Å². The minimum absolute atomic E-state index is 0.0360. The number of ether oxygens (including phenoxy) is 2. The molecule has 1 saturated carbocycles. The Bertz CT molecular complexity index is 1020. The summed E-state index contributed by atoms with van der Waals surface area (Å²) in [7, 11) is 1.76. The van der Waals surface area contributed by atoms with E-state index >= 15 is 0 Å². The molecule has 1 aromatic heterocycles. The zero-order chi connectivity index (χ0) is 22.8. The number of anilines is 1. The van der Waals surface area contributed by atoms with Crippen molar-refractivity contribution in [1.29, 1.82) is 0 Å². The van der Waals surface area contributed by atoms with Crippen molar-refractivity contribution in [2.24, 2.45) is 13.0 Å². The lowest BCUT2D eigenvalue weighted by Crippen LogP contribution is -2.48. The van der Waals surface area contributed by atoms with Crippen LogP contribution in [0.4, 0.5) is 5.82 Å². The van der Waals surface area contributed by atoms with Gasteiger partial charge >= 0.3 is 0 Å². The third-order valence-corrected chi connectivity index (χ3v) is 6.83. The second-order valence-corrected chi connectivity index (χ2v) is 9.12. The molecule has 33 heavy (non-hydrogen) atoms. The van der Waals surface area contributed by atoms with Crippen LogP contribution in [0.3, 0.4) is 0 Å². The van der Waals surface area contributed by atoms with Crippen LogP contribution in [0.15, 0.2) is 24.3 Å². The lowest BCUT2D eigenvalue weighted by molar-refractivity contribution is -0.120. The number of benzene rings is 1. The molecule has 1 saturated heterocycles. The summed E-state index contributed by atoms with van der Waals surface area (Å²) < 4.78 is 12.4. The number of nitrogens with one attached hydrogen (secondary N) is 1. The number of aromatic nitrogens is 2. The average Bonchev–Trinajstić information content (AvgIpc) is 3.46. The Balaban J connectivity index is 1.15. The van der Waals surface area contributed by atoms with E-state index in [1.807, 2.05) is 17.0 Å².